The van der Waals surface area contributed by atoms with Gasteiger partial charge in [0.15, 0.2) is 11.5 Å². The molecule has 0 saturated carbocycles. The minimum atomic E-state index is -0.323. The highest BCUT2D eigenvalue weighted by molar-refractivity contribution is 7.04. The third kappa shape index (κ3) is 5.91. The lowest BCUT2D eigenvalue weighted by Crippen LogP contribution is -2.40. The van der Waals surface area contributed by atoms with E-state index in [0.717, 1.165) is 22.4 Å². The molecule has 0 radical (unpaired) electrons. The number of benzene rings is 2. The number of amides is 2. The maximum Gasteiger partial charge on any atom is 0.346 e. The van der Waals surface area contributed by atoms with E-state index >= 15 is 0 Å². The smallest absolute Gasteiger partial charge is 0.346 e. The van der Waals surface area contributed by atoms with Crippen LogP contribution in [0, 0.1) is 5.92 Å². The van der Waals surface area contributed by atoms with Crippen LogP contribution in [0.1, 0.15) is 13.8 Å². The summed E-state index contributed by atoms with van der Waals surface area (Å²) < 4.78 is 21.0. The van der Waals surface area contributed by atoms with E-state index < -0.39 is 0 Å². The molecule has 1 N–H and O–H groups in total. The summed E-state index contributed by atoms with van der Waals surface area (Å²) in [7, 11) is 6.19. The number of nitrogens with one attached hydrogen (secondary N) is 1. The van der Waals surface area contributed by atoms with Crippen LogP contribution in [0.4, 0.5) is 10.5 Å². The number of hydrogen-bond acceptors (Lipinski definition) is 7. The average molecular weight is 508 g/mol. The van der Waals surface area contributed by atoms with E-state index in [4.69, 9.17) is 19.0 Å². The normalized spacial score (nSPS) is 10.4. The zero-order valence-electron chi connectivity index (χ0n) is 20.1. The molecule has 0 aliphatic heterocycles. The first-order chi connectivity index (χ1) is 15.9. The van der Waals surface area contributed by atoms with Gasteiger partial charge in [0.25, 0.3) is 0 Å². The number of anilines is 1. The number of hydrogen-bond donors (Lipinski definition) is 1. The number of urea groups is 1. The molecule has 2 amide bonds. The van der Waals surface area contributed by atoms with Gasteiger partial charge in [0.05, 0.1) is 39.8 Å². The number of methoxy groups -OCH3 is 3. The first-order valence-electron chi connectivity index (χ1n) is 10.4. The van der Waals surface area contributed by atoms with E-state index in [1.807, 2.05) is 55.6 Å². The van der Waals surface area contributed by atoms with Gasteiger partial charge in [0.2, 0.25) is 5.75 Å². The fourth-order valence-corrected chi connectivity index (χ4v) is 4.05. The predicted molar refractivity (Wildman–Crippen MR) is 138 cm³/mol. The summed E-state index contributed by atoms with van der Waals surface area (Å²) >= 11 is 1.34. The number of hydroxylamine groups is 1. The fraction of sp³-hybridized carbons (Fsp3) is 0.333. The van der Waals surface area contributed by atoms with Crippen molar-refractivity contribution in [3.05, 3.63) is 41.8 Å². The van der Waals surface area contributed by atoms with Crippen molar-refractivity contribution in [1.82, 2.24) is 9.69 Å². The van der Waals surface area contributed by atoms with E-state index in [2.05, 4.69) is 9.69 Å². The van der Waals surface area contributed by atoms with Gasteiger partial charge < -0.3 is 19.5 Å². The number of nitrogens with zero attached hydrogens (tertiary/aromatic N) is 2. The highest BCUT2D eigenvalue weighted by atomic mass is 35.5. The molecule has 0 unspecified atom stereocenters. The molecule has 1 aromatic heterocycles. The van der Waals surface area contributed by atoms with E-state index in [1.54, 1.807) is 21.3 Å². The first kappa shape index (κ1) is 27.2. The molecule has 34 heavy (non-hydrogen) atoms. The predicted octanol–water partition coefficient (Wildman–Crippen LogP) is 5.66. The Hall–Kier alpha value is -3.01. The molecule has 0 saturated heterocycles. The van der Waals surface area contributed by atoms with Crippen LogP contribution < -0.4 is 24.6 Å². The molecule has 2 aromatic carbocycles. The number of ether oxygens (including phenoxy) is 3. The molecule has 0 aliphatic carbocycles. The van der Waals surface area contributed by atoms with Gasteiger partial charge in [-0.05, 0) is 47.3 Å². The average Bonchev–Trinajstić information content (AvgIpc) is 3.32. The summed E-state index contributed by atoms with van der Waals surface area (Å²) in [5.41, 5.74) is 4.01. The summed E-state index contributed by atoms with van der Waals surface area (Å²) in [6, 6.07) is 11.0. The monoisotopic (exact) mass is 507 g/mol. The minimum Gasteiger partial charge on any atom is -0.493 e. The quantitative estimate of drug-likeness (QED) is 0.376. The molecule has 0 aliphatic rings. The molecule has 0 atom stereocenters. The van der Waals surface area contributed by atoms with Gasteiger partial charge >= 0.3 is 6.03 Å². The van der Waals surface area contributed by atoms with Crippen LogP contribution in [0.15, 0.2) is 41.8 Å². The van der Waals surface area contributed by atoms with Crippen LogP contribution in [0.5, 0.6) is 17.2 Å². The highest BCUT2D eigenvalue weighted by Crippen LogP contribution is 2.43. The van der Waals surface area contributed by atoms with Crippen LogP contribution in [-0.2, 0) is 4.84 Å². The van der Waals surface area contributed by atoms with Crippen molar-refractivity contribution in [3.63, 3.8) is 0 Å². The molecule has 8 nitrogen and oxygen atoms in total. The van der Waals surface area contributed by atoms with Crippen molar-refractivity contribution in [1.29, 1.82) is 0 Å². The maximum absolute atomic E-state index is 12.6. The van der Waals surface area contributed by atoms with E-state index in [1.165, 1.54) is 23.7 Å². The summed E-state index contributed by atoms with van der Waals surface area (Å²) in [6.07, 6.45) is 0. The van der Waals surface area contributed by atoms with Gasteiger partial charge in [0, 0.05) is 23.1 Å². The van der Waals surface area contributed by atoms with Gasteiger partial charge in [-0.25, -0.2) is 4.79 Å². The van der Waals surface area contributed by atoms with Gasteiger partial charge in [0.1, 0.15) is 0 Å². The first-order valence-corrected chi connectivity index (χ1v) is 11.2. The zero-order valence-corrected chi connectivity index (χ0v) is 21.7. The minimum absolute atomic E-state index is 0. The number of carbonyl (C=O) groups excluding carboxylic acids is 1. The Kier molecular flexibility index (Phi) is 9.97. The highest BCUT2D eigenvalue weighted by Gasteiger charge is 2.20. The second-order valence-electron chi connectivity index (χ2n) is 7.60. The van der Waals surface area contributed by atoms with Gasteiger partial charge in [-0.2, -0.15) is 9.44 Å². The van der Waals surface area contributed by atoms with Crippen LogP contribution in [0.25, 0.3) is 22.4 Å². The van der Waals surface area contributed by atoms with E-state index in [0.29, 0.717) is 35.4 Å². The van der Waals surface area contributed by atoms with Crippen molar-refractivity contribution in [2.45, 2.75) is 13.8 Å². The van der Waals surface area contributed by atoms with Crippen LogP contribution in [-0.4, -0.2) is 45.4 Å². The number of rotatable bonds is 9. The van der Waals surface area contributed by atoms with Crippen LogP contribution in [0.2, 0.25) is 0 Å². The molecule has 0 fully saturated rings. The molecular formula is C24H30ClN3O5S. The standard InChI is InChI=1S/C24H29N3O5S.ClH/c1-15(2)13-25-24(28)27(32-6)18-9-7-8-16(10-18)19-14-33-26-22(19)17-11-20(29-3)23(31-5)21(12-17)30-4;/h7-12,14-15H,13H2,1-6H3,(H,25,28);1H. The van der Waals surface area contributed by atoms with Crippen molar-refractivity contribution < 1.29 is 23.8 Å². The molecule has 0 bridgehead atoms. The second-order valence-corrected chi connectivity index (χ2v) is 8.23. The number of carbonyl (C=O) groups is 1. The van der Waals surface area contributed by atoms with Crippen molar-refractivity contribution >= 4 is 35.7 Å². The summed E-state index contributed by atoms with van der Waals surface area (Å²) in [4.78, 5) is 18.0. The largest absolute Gasteiger partial charge is 0.493 e. The van der Waals surface area contributed by atoms with Gasteiger partial charge in [-0.15, -0.1) is 12.4 Å². The summed E-state index contributed by atoms with van der Waals surface area (Å²) in [6.45, 7) is 4.62. The van der Waals surface area contributed by atoms with Crippen LogP contribution >= 0.6 is 23.9 Å². The number of aromatic nitrogens is 1. The van der Waals surface area contributed by atoms with Crippen LogP contribution in [0.3, 0.4) is 0 Å². The Morgan fingerprint density at radius 3 is 2.26 bits per heavy atom. The second kappa shape index (κ2) is 12.5. The molecule has 3 rings (SSSR count). The molecule has 0 spiro atoms. The Morgan fingerprint density at radius 2 is 1.71 bits per heavy atom. The Morgan fingerprint density at radius 1 is 1.03 bits per heavy atom. The summed E-state index contributed by atoms with van der Waals surface area (Å²) in [5.74, 6) is 1.95. The molecule has 1 heterocycles. The fourth-order valence-electron chi connectivity index (χ4n) is 3.34. The van der Waals surface area contributed by atoms with Crippen molar-refractivity contribution in [2.24, 2.45) is 5.92 Å². The lowest BCUT2D eigenvalue weighted by molar-refractivity contribution is 0.162. The SMILES string of the molecule is COc1cc(-c2nscc2-c2cccc(N(OC)C(=O)NCC(C)C)c2)cc(OC)c1OC.Cl. The third-order valence-electron chi connectivity index (χ3n) is 4.93. The number of halogens is 1. The van der Waals surface area contributed by atoms with Crippen molar-refractivity contribution in [2.75, 3.05) is 40.0 Å². The Bertz CT molecular complexity index is 1080. The molecule has 3 aromatic rings. The summed E-state index contributed by atoms with van der Waals surface area (Å²) in [5, 5.41) is 6.08. The lowest BCUT2D eigenvalue weighted by atomic mass is 10.0. The Balaban J connectivity index is 0.00000408. The molecule has 10 heteroatoms. The Labute approximate surface area is 210 Å². The zero-order chi connectivity index (χ0) is 24.0. The van der Waals surface area contributed by atoms with Crippen molar-refractivity contribution in [3.8, 4) is 39.6 Å². The van der Waals surface area contributed by atoms with E-state index in [-0.39, 0.29) is 18.4 Å². The van der Waals surface area contributed by atoms with E-state index in [9.17, 15) is 4.79 Å². The van der Waals surface area contributed by atoms with Gasteiger partial charge in [-0.1, -0.05) is 26.0 Å². The lowest BCUT2D eigenvalue weighted by Gasteiger charge is -2.21. The van der Waals surface area contributed by atoms with Gasteiger partial charge in [-0.3, -0.25) is 4.84 Å². The third-order valence-corrected chi connectivity index (χ3v) is 5.56. The molecule has 184 valence electrons. The topological polar surface area (TPSA) is 82.2 Å². The maximum atomic E-state index is 12.6. The molecular weight excluding hydrogens is 478 g/mol.